The third-order valence-electron chi connectivity index (χ3n) is 3.32. The maximum Gasteiger partial charge on any atom is 0.308 e. The van der Waals surface area contributed by atoms with Gasteiger partial charge in [-0.1, -0.05) is 36.4 Å². The molecule has 0 bridgehead atoms. The number of aryl methyl sites for hydroxylation is 1. The molecule has 0 radical (unpaired) electrons. The summed E-state index contributed by atoms with van der Waals surface area (Å²) in [6.45, 7) is 2.53. The summed E-state index contributed by atoms with van der Waals surface area (Å²) in [5, 5.41) is 1.60. The van der Waals surface area contributed by atoms with Gasteiger partial charge in [0.2, 0.25) is 0 Å². The van der Waals surface area contributed by atoms with Crippen molar-refractivity contribution in [2.45, 2.75) is 20.3 Å². The molecule has 0 aliphatic carbocycles. The second-order valence-electron chi connectivity index (χ2n) is 5.52. The summed E-state index contributed by atoms with van der Waals surface area (Å²) in [7, 11) is -1.13. The lowest BCUT2D eigenvalue weighted by atomic mass is 10.2. The Labute approximate surface area is 155 Å². The van der Waals surface area contributed by atoms with Crippen molar-refractivity contribution >= 4 is 28.8 Å². The van der Waals surface area contributed by atoms with E-state index in [1.807, 2.05) is 30.3 Å². The summed E-state index contributed by atoms with van der Waals surface area (Å²) in [6.07, 6.45) is 2.41. The van der Waals surface area contributed by atoms with E-state index in [1.165, 1.54) is 19.9 Å². The lowest BCUT2D eigenvalue weighted by molar-refractivity contribution is -0.134. The lowest BCUT2D eigenvalue weighted by Gasteiger charge is -2.09. The van der Waals surface area contributed by atoms with E-state index < -0.39 is 22.7 Å². The Balaban J connectivity index is 2.05. The zero-order valence-corrected chi connectivity index (χ0v) is 15.5. The highest BCUT2D eigenvalue weighted by Crippen LogP contribution is 2.29. The van der Waals surface area contributed by atoms with E-state index in [0.29, 0.717) is 11.3 Å². The van der Waals surface area contributed by atoms with Gasteiger partial charge in [0.15, 0.2) is 11.5 Å². The number of hydrogen-bond donors (Lipinski definition) is 0. The first kappa shape index (κ1) is 19.6. The fourth-order valence-electron chi connectivity index (χ4n) is 2.19. The van der Waals surface area contributed by atoms with Gasteiger partial charge in [0.1, 0.15) is 0 Å². The highest BCUT2D eigenvalue weighted by molar-refractivity contribution is 7.88. The maximum absolute atomic E-state index is 12.1. The van der Waals surface area contributed by atoms with E-state index >= 15 is 0 Å². The summed E-state index contributed by atoms with van der Waals surface area (Å²) >= 11 is 0. The van der Waals surface area contributed by atoms with Crippen LogP contribution < -0.4 is 9.47 Å². The second kappa shape index (κ2) is 9.68. The van der Waals surface area contributed by atoms with Gasteiger partial charge in [-0.05, 0) is 35.8 Å². The predicted molar refractivity (Wildman–Crippen MR) is 101 cm³/mol. The normalized spacial score (nSPS) is 11.9. The van der Waals surface area contributed by atoms with Crippen molar-refractivity contribution in [3.05, 3.63) is 65.1 Å². The van der Waals surface area contributed by atoms with Gasteiger partial charge in [0.25, 0.3) is 0 Å². The Bertz CT molecular complexity index is 827. The molecule has 0 spiro atoms. The standard InChI is InChI=1S/C20H20O5S/c1-15(21)24-19-9-8-18(14-20(19)25-16(2)22)11-13-26(23)12-10-17-6-4-3-5-7-17/h3-9,11,13-14H,10,12H2,1-2H3/b13-11+. The number of benzene rings is 2. The van der Waals surface area contributed by atoms with Crippen LogP contribution in [0.1, 0.15) is 25.0 Å². The molecule has 0 aliphatic heterocycles. The average Bonchev–Trinajstić information content (AvgIpc) is 2.60. The van der Waals surface area contributed by atoms with Gasteiger partial charge in [0, 0.05) is 35.8 Å². The van der Waals surface area contributed by atoms with Gasteiger partial charge in [-0.3, -0.25) is 13.8 Å². The van der Waals surface area contributed by atoms with Crippen molar-refractivity contribution in [3.63, 3.8) is 0 Å². The fourth-order valence-corrected chi connectivity index (χ4v) is 3.07. The Morgan fingerprint density at radius 1 is 0.962 bits per heavy atom. The molecule has 0 aliphatic rings. The number of ether oxygens (including phenoxy) is 2. The minimum atomic E-state index is -1.13. The molecular formula is C20H20O5S. The summed E-state index contributed by atoms with van der Waals surface area (Å²) in [6, 6.07) is 14.6. The molecule has 0 saturated carbocycles. The van der Waals surface area contributed by atoms with Crippen LogP contribution in [0.2, 0.25) is 0 Å². The molecule has 0 aromatic heterocycles. The van der Waals surface area contributed by atoms with Gasteiger partial charge >= 0.3 is 11.9 Å². The van der Waals surface area contributed by atoms with Crippen LogP contribution >= 0.6 is 0 Å². The molecule has 6 heteroatoms. The van der Waals surface area contributed by atoms with Crippen molar-refractivity contribution in [1.82, 2.24) is 0 Å². The van der Waals surface area contributed by atoms with Gasteiger partial charge in [0.05, 0.1) is 0 Å². The SMILES string of the molecule is CC(=O)Oc1ccc(/C=C/S(=O)CCc2ccccc2)cc1OC(C)=O. The van der Waals surface area contributed by atoms with Crippen LogP contribution in [0.4, 0.5) is 0 Å². The van der Waals surface area contributed by atoms with Crippen LogP contribution in [0, 0.1) is 0 Å². The smallest absolute Gasteiger partial charge is 0.308 e. The van der Waals surface area contributed by atoms with Crippen molar-refractivity contribution in [2.24, 2.45) is 0 Å². The molecule has 0 amide bonds. The number of esters is 2. The highest BCUT2D eigenvalue weighted by Gasteiger charge is 2.10. The predicted octanol–water partition coefficient (Wildman–Crippen LogP) is 3.50. The quantitative estimate of drug-likeness (QED) is 0.550. The second-order valence-corrected chi connectivity index (χ2v) is 6.96. The van der Waals surface area contributed by atoms with Crippen molar-refractivity contribution in [1.29, 1.82) is 0 Å². The highest BCUT2D eigenvalue weighted by atomic mass is 32.2. The molecule has 0 heterocycles. The van der Waals surface area contributed by atoms with E-state index in [0.717, 1.165) is 12.0 Å². The summed E-state index contributed by atoms with van der Waals surface area (Å²) in [5.41, 5.74) is 1.82. The number of carbonyl (C=O) groups excluding carboxylic acids is 2. The minimum absolute atomic E-state index is 0.143. The minimum Gasteiger partial charge on any atom is -0.423 e. The van der Waals surface area contributed by atoms with E-state index in [-0.39, 0.29) is 11.5 Å². The Kier molecular flexibility index (Phi) is 7.29. The largest absolute Gasteiger partial charge is 0.423 e. The molecule has 2 aromatic carbocycles. The first-order chi connectivity index (χ1) is 12.4. The van der Waals surface area contributed by atoms with E-state index in [2.05, 4.69) is 0 Å². The van der Waals surface area contributed by atoms with Crippen LogP contribution in [0.5, 0.6) is 11.5 Å². The molecule has 2 aromatic rings. The van der Waals surface area contributed by atoms with Crippen molar-refractivity contribution in [2.75, 3.05) is 5.75 Å². The lowest BCUT2D eigenvalue weighted by Crippen LogP contribution is -2.07. The zero-order valence-electron chi connectivity index (χ0n) is 14.6. The zero-order chi connectivity index (χ0) is 18.9. The molecular weight excluding hydrogens is 352 g/mol. The summed E-state index contributed by atoms with van der Waals surface area (Å²) in [5.74, 6) is -0.210. The van der Waals surface area contributed by atoms with Gasteiger partial charge < -0.3 is 9.47 Å². The van der Waals surface area contributed by atoms with Crippen LogP contribution in [-0.4, -0.2) is 21.9 Å². The molecule has 1 unspecified atom stereocenters. The van der Waals surface area contributed by atoms with E-state index in [1.54, 1.807) is 23.6 Å². The number of carbonyl (C=O) groups is 2. The molecule has 2 rings (SSSR count). The first-order valence-corrected chi connectivity index (χ1v) is 9.42. The number of rotatable bonds is 7. The maximum atomic E-state index is 12.1. The Hall–Kier alpha value is -2.73. The Morgan fingerprint density at radius 3 is 2.27 bits per heavy atom. The molecule has 5 nitrogen and oxygen atoms in total. The van der Waals surface area contributed by atoms with Crippen LogP contribution in [0.25, 0.3) is 6.08 Å². The molecule has 26 heavy (non-hydrogen) atoms. The van der Waals surface area contributed by atoms with Crippen molar-refractivity contribution < 1.29 is 23.3 Å². The van der Waals surface area contributed by atoms with E-state index in [4.69, 9.17) is 9.47 Å². The number of hydrogen-bond acceptors (Lipinski definition) is 5. The molecule has 0 saturated heterocycles. The fraction of sp³-hybridized carbons (Fsp3) is 0.200. The van der Waals surface area contributed by atoms with E-state index in [9.17, 15) is 13.8 Å². The third kappa shape index (κ3) is 6.64. The molecule has 136 valence electrons. The topological polar surface area (TPSA) is 69.7 Å². The molecule has 0 fully saturated rings. The van der Waals surface area contributed by atoms with Crippen LogP contribution in [0.3, 0.4) is 0 Å². The van der Waals surface area contributed by atoms with Crippen LogP contribution in [-0.2, 0) is 26.8 Å². The monoisotopic (exact) mass is 372 g/mol. The first-order valence-electron chi connectivity index (χ1n) is 8.04. The molecule has 1 atom stereocenters. The third-order valence-corrected chi connectivity index (χ3v) is 4.37. The Morgan fingerprint density at radius 2 is 1.62 bits per heavy atom. The summed E-state index contributed by atoms with van der Waals surface area (Å²) < 4.78 is 22.2. The average molecular weight is 372 g/mol. The van der Waals surface area contributed by atoms with Gasteiger partial charge in [-0.15, -0.1) is 0 Å². The van der Waals surface area contributed by atoms with Crippen LogP contribution in [0.15, 0.2) is 53.9 Å². The van der Waals surface area contributed by atoms with Crippen molar-refractivity contribution in [3.8, 4) is 11.5 Å². The molecule has 0 N–H and O–H groups in total. The summed E-state index contributed by atoms with van der Waals surface area (Å²) in [4.78, 5) is 22.3. The van der Waals surface area contributed by atoms with Gasteiger partial charge in [-0.2, -0.15) is 0 Å². The van der Waals surface area contributed by atoms with Gasteiger partial charge in [-0.25, -0.2) is 0 Å².